The highest BCUT2D eigenvalue weighted by molar-refractivity contribution is 5.90. The Labute approximate surface area is 134 Å². The summed E-state index contributed by atoms with van der Waals surface area (Å²) < 4.78 is 4.97. The first-order chi connectivity index (χ1) is 11.1. The first-order valence-corrected chi connectivity index (χ1v) is 8.00. The van der Waals surface area contributed by atoms with E-state index in [9.17, 15) is 14.9 Å². The quantitative estimate of drug-likeness (QED) is 0.683. The van der Waals surface area contributed by atoms with Crippen molar-refractivity contribution in [1.82, 2.24) is 4.90 Å². The number of nitrogens with one attached hydrogen (secondary N) is 1. The maximum Gasteiger partial charge on any atom is 0.322 e. The summed E-state index contributed by atoms with van der Waals surface area (Å²) in [5.41, 5.74) is 0.269. The van der Waals surface area contributed by atoms with E-state index in [1.165, 1.54) is 38.5 Å². The molecule has 124 valence electrons. The molecule has 0 radical (unpaired) electrons. The average molecular weight is 319 g/mol. The molecule has 7 nitrogen and oxygen atoms in total. The monoisotopic (exact) mass is 319 g/mol. The second kappa shape index (κ2) is 6.44. The van der Waals surface area contributed by atoms with Gasteiger partial charge in [0.25, 0.3) is 0 Å². The van der Waals surface area contributed by atoms with E-state index in [0.29, 0.717) is 17.6 Å². The summed E-state index contributed by atoms with van der Waals surface area (Å²) in [4.78, 5) is 25.0. The van der Waals surface area contributed by atoms with Crippen LogP contribution in [0.4, 0.5) is 16.2 Å². The number of benzene rings is 1. The topological polar surface area (TPSA) is 84.7 Å². The highest BCUT2D eigenvalue weighted by Crippen LogP contribution is 2.37. The lowest BCUT2D eigenvalue weighted by Crippen LogP contribution is -2.48. The Bertz CT molecular complexity index is 619. The number of carbonyl (C=O) groups excluding carboxylic acids is 1. The van der Waals surface area contributed by atoms with Gasteiger partial charge in [-0.25, -0.2) is 4.79 Å². The molecule has 1 N–H and O–H groups in total. The molecular formula is C16H21N3O4. The first-order valence-electron chi connectivity index (χ1n) is 8.00. The molecule has 7 heteroatoms. The van der Waals surface area contributed by atoms with Gasteiger partial charge in [0, 0.05) is 24.3 Å². The van der Waals surface area contributed by atoms with Gasteiger partial charge in [0.1, 0.15) is 0 Å². The van der Waals surface area contributed by atoms with Gasteiger partial charge in [0.15, 0.2) is 5.75 Å². The van der Waals surface area contributed by atoms with E-state index in [-0.39, 0.29) is 17.5 Å². The second-order valence-electron chi connectivity index (χ2n) is 6.17. The number of likely N-dealkylation sites (tertiary alicyclic amines) is 1. The van der Waals surface area contributed by atoms with Crippen LogP contribution in [0.2, 0.25) is 0 Å². The molecule has 1 aliphatic heterocycles. The third kappa shape index (κ3) is 3.09. The molecule has 1 aliphatic carbocycles. The van der Waals surface area contributed by atoms with Crippen LogP contribution in [0.1, 0.15) is 32.1 Å². The zero-order valence-corrected chi connectivity index (χ0v) is 13.2. The van der Waals surface area contributed by atoms with Crippen LogP contribution in [-0.4, -0.2) is 35.6 Å². The molecule has 0 unspecified atom stereocenters. The van der Waals surface area contributed by atoms with Crippen molar-refractivity contribution < 1.29 is 14.5 Å². The molecule has 1 saturated carbocycles. The van der Waals surface area contributed by atoms with Crippen LogP contribution in [0.5, 0.6) is 5.75 Å². The van der Waals surface area contributed by atoms with E-state index in [4.69, 9.17) is 4.74 Å². The normalized spacial score (nSPS) is 23.3. The minimum atomic E-state index is -0.512. The predicted molar refractivity (Wildman–Crippen MR) is 85.7 cm³/mol. The number of nitrogens with zero attached hydrogens (tertiary/aromatic N) is 2. The molecule has 2 atom stereocenters. The molecule has 2 amide bonds. The Morgan fingerprint density at radius 3 is 2.87 bits per heavy atom. The Balaban J connectivity index is 1.75. The summed E-state index contributed by atoms with van der Waals surface area (Å²) in [5, 5.41) is 13.9. The number of methoxy groups -OCH3 is 1. The molecule has 2 aliphatic rings. The third-order valence-corrected chi connectivity index (χ3v) is 4.88. The number of rotatable bonds is 3. The first kappa shape index (κ1) is 15.6. The average Bonchev–Trinajstić information content (AvgIpc) is 3.03. The smallest absolute Gasteiger partial charge is 0.322 e. The van der Waals surface area contributed by atoms with Crippen LogP contribution < -0.4 is 10.1 Å². The van der Waals surface area contributed by atoms with Crippen LogP contribution >= 0.6 is 0 Å². The van der Waals surface area contributed by atoms with Gasteiger partial charge >= 0.3 is 11.7 Å². The van der Waals surface area contributed by atoms with Crippen LogP contribution in [0.25, 0.3) is 0 Å². The molecule has 0 aromatic heterocycles. The van der Waals surface area contributed by atoms with Crippen LogP contribution in [-0.2, 0) is 0 Å². The molecule has 1 aromatic rings. The molecule has 2 fully saturated rings. The van der Waals surface area contributed by atoms with Crippen molar-refractivity contribution in [2.75, 3.05) is 19.0 Å². The van der Waals surface area contributed by atoms with Crippen molar-refractivity contribution in [1.29, 1.82) is 0 Å². The van der Waals surface area contributed by atoms with Gasteiger partial charge in [-0.2, -0.15) is 0 Å². The van der Waals surface area contributed by atoms with Crippen molar-refractivity contribution in [2.24, 2.45) is 5.92 Å². The number of piperidine rings is 1. The fourth-order valence-corrected chi connectivity index (χ4v) is 3.81. The molecule has 3 rings (SSSR count). The summed E-state index contributed by atoms with van der Waals surface area (Å²) in [5.74, 6) is 0.793. The number of fused-ring (bicyclic) bond motifs is 1. The van der Waals surface area contributed by atoms with E-state index < -0.39 is 4.92 Å². The van der Waals surface area contributed by atoms with Gasteiger partial charge in [0.2, 0.25) is 0 Å². The van der Waals surface area contributed by atoms with Crippen LogP contribution in [0.3, 0.4) is 0 Å². The number of nitro groups is 1. The lowest BCUT2D eigenvalue weighted by atomic mass is 9.92. The highest BCUT2D eigenvalue weighted by atomic mass is 16.6. The second-order valence-corrected chi connectivity index (χ2v) is 6.17. The fraction of sp³-hybridized carbons (Fsp3) is 0.562. The summed E-state index contributed by atoms with van der Waals surface area (Å²) >= 11 is 0. The van der Waals surface area contributed by atoms with E-state index in [1.807, 2.05) is 4.90 Å². The Kier molecular flexibility index (Phi) is 4.36. The number of hydrogen-bond acceptors (Lipinski definition) is 4. The molecule has 23 heavy (non-hydrogen) atoms. The van der Waals surface area contributed by atoms with Gasteiger partial charge in [-0.3, -0.25) is 10.1 Å². The van der Waals surface area contributed by atoms with Crippen molar-refractivity contribution in [2.45, 2.75) is 38.1 Å². The molecular weight excluding hydrogens is 298 g/mol. The van der Waals surface area contributed by atoms with Crippen LogP contribution in [0.15, 0.2) is 18.2 Å². The molecule has 0 bridgehead atoms. The number of amides is 2. The fourth-order valence-electron chi connectivity index (χ4n) is 3.81. The van der Waals surface area contributed by atoms with E-state index in [1.54, 1.807) is 6.07 Å². The van der Waals surface area contributed by atoms with E-state index in [2.05, 4.69) is 5.32 Å². The lowest BCUT2D eigenvalue weighted by molar-refractivity contribution is -0.385. The Hall–Kier alpha value is -2.31. The zero-order valence-electron chi connectivity index (χ0n) is 13.2. The maximum atomic E-state index is 12.6. The minimum absolute atomic E-state index is 0.150. The molecule has 0 spiro atoms. The standard InChI is InChI=1S/C16H21N3O4/c1-23-15-8-7-12(10-14(15)19(21)22)17-16(20)18-9-3-5-11-4-2-6-13(11)18/h7-8,10-11,13H,2-6,9H2,1H3,(H,17,20)/t11-,13-/m1/s1. The van der Waals surface area contributed by atoms with Gasteiger partial charge in [-0.05, 0) is 43.7 Å². The zero-order chi connectivity index (χ0) is 16.4. The Morgan fingerprint density at radius 1 is 1.35 bits per heavy atom. The van der Waals surface area contributed by atoms with E-state index in [0.717, 1.165) is 19.4 Å². The summed E-state index contributed by atoms with van der Waals surface area (Å²) in [6.45, 7) is 0.755. The van der Waals surface area contributed by atoms with Gasteiger partial charge in [0.05, 0.1) is 12.0 Å². The van der Waals surface area contributed by atoms with Gasteiger partial charge in [-0.15, -0.1) is 0 Å². The summed E-state index contributed by atoms with van der Waals surface area (Å²) in [6.07, 6.45) is 5.65. The van der Waals surface area contributed by atoms with Gasteiger partial charge < -0.3 is 15.0 Å². The number of hydrogen-bond donors (Lipinski definition) is 1. The van der Waals surface area contributed by atoms with Crippen LogP contribution in [0, 0.1) is 16.0 Å². The van der Waals surface area contributed by atoms with Crippen molar-refractivity contribution >= 4 is 17.4 Å². The summed E-state index contributed by atoms with van der Waals surface area (Å²) in [6, 6.07) is 4.62. The van der Waals surface area contributed by atoms with Gasteiger partial charge in [-0.1, -0.05) is 6.42 Å². The number of anilines is 1. The maximum absolute atomic E-state index is 12.6. The molecule has 1 aromatic carbocycles. The SMILES string of the molecule is COc1ccc(NC(=O)N2CCC[C@H]3CCC[C@H]32)cc1[N+](=O)[O-]. The van der Waals surface area contributed by atoms with Crippen molar-refractivity contribution in [3.05, 3.63) is 28.3 Å². The number of urea groups is 1. The minimum Gasteiger partial charge on any atom is -0.490 e. The largest absolute Gasteiger partial charge is 0.490 e. The lowest BCUT2D eigenvalue weighted by Gasteiger charge is -2.37. The highest BCUT2D eigenvalue weighted by Gasteiger charge is 2.37. The number of ether oxygens (including phenoxy) is 1. The summed E-state index contributed by atoms with van der Waals surface area (Å²) in [7, 11) is 1.38. The molecule has 1 heterocycles. The number of carbonyl (C=O) groups is 1. The van der Waals surface area contributed by atoms with E-state index >= 15 is 0 Å². The predicted octanol–water partition coefficient (Wildman–Crippen LogP) is 3.40. The number of nitro benzene ring substituents is 1. The van der Waals surface area contributed by atoms with Crippen molar-refractivity contribution in [3.63, 3.8) is 0 Å². The molecule has 1 saturated heterocycles. The third-order valence-electron chi connectivity index (χ3n) is 4.88. The Morgan fingerprint density at radius 2 is 2.13 bits per heavy atom. The van der Waals surface area contributed by atoms with Crippen molar-refractivity contribution in [3.8, 4) is 5.75 Å².